The third-order valence-electron chi connectivity index (χ3n) is 2.98. The van der Waals surface area contributed by atoms with Gasteiger partial charge in [-0.1, -0.05) is 18.2 Å². The molecule has 110 valence electrons. The van der Waals surface area contributed by atoms with Crippen molar-refractivity contribution in [2.24, 2.45) is 0 Å². The molecule has 1 heterocycles. The minimum atomic E-state index is -0.183. The van der Waals surface area contributed by atoms with Crippen LogP contribution in [0.1, 0.15) is 35.6 Å². The van der Waals surface area contributed by atoms with Crippen molar-refractivity contribution in [1.29, 1.82) is 0 Å². The van der Waals surface area contributed by atoms with E-state index in [1.807, 2.05) is 13.0 Å². The van der Waals surface area contributed by atoms with Gasteiger partial charge in [-0.05, 0) is 19.1 Å². The molecule has 1 aromatic carbocycles. The van der Waals surface area contributed by atoms with E-state index in [-0.39, 0.29) is 24.3 Å². The first-order chi connectivity index (χ1) is 10.2. The Morgan fingerprint density at radius 1 is 1.29 bits per heavy atom. The van der Waals surface area contributed by atoms with Crippen molar-refractivity contribution in [3.05, 3.63) is 54.1 Å². The molecule has 0 radical (unpaired) electrons. The number of imidazole rings is 1. The van der Waals surface area contributed by atoms with Gasteiger partial charge in [0.1, 0.15) is 5.82 Å². The van der Waals surface area contributed by atoms with E-state index >= 15 is 0 Å². The van der Waals surface area contributed by atoms with Crippen LogP contribution in [-0.4, -0.2) is 28.3 Å². The van der Waals surface area contributed by atoms with Gasteiger partial charge in [0.25, 0.3) is 5.91 Å². The zero-order valence-corrected chi connectivity index (χ0v) is 11.8. The Morgan fingerprint density at radius 2 is 2.05 bits per heavy atom. The molecule has 1 unspecified atom stereocenters. The average molecular weight is 286 g/mol. The summed E-state index contributed by atoms with van der Waals surface area (Å²) in [6.07, 6.45) is 3.57. The van der Waals surface area contributed by atoms with Crippen LogP contribution in [0.4, 0.5) is 0 Å². The maximum atomic E-state index is 11.8. The smallest absolute Gasteiger partial charge is 0.251 e. The molecule has 0 aliphatic heterocycles. The standard InChI is InChI=1S/C15H18N4O2/c1-11(14-16-9-10-17-14)19-13(20)7-8-18-15(21)12-5-3-2-4-6-12/h2-6,9-11H,7-8H2,1H3,(H,16,17)(H,18,21)(H,19,20). The highest BCUT2D eigenvalue weighted by Gasteiger charge is 2.11. The van der Waals surface area contributed by atoms with Crippen LogP contribution < -0.4 is 10.6 Å². The summed E-state index contributed by atoms with van der Waals surface area (Å²) in [6, 6.07) is 8.72. The highest BCUT2D eigenvalue weighted by atomic mass is 16.2. The Bertz CT molecular complexity index is 581. The number of hydrogen-bond donors (Lipinski definition) is 3. The van der Waals surface area contributed by atoms with Gasteiger partial charge in [0.05, 0.1) is 6.04 Å². The third-order valence-corrected chi connectivity index (χ3v) is 2.98. The van der Waals surface area contributed by atoms with E-state index in [0.29, 0.717) is 17.9 Å². The van der Waals surface area contributed by atoms with Gasteiger partial charge in [-0.15, -0.1) is 0 Å². The molecule has 0 fully saturated rings. The lowest BCUT2D eigenvalue weighted by Gasteiger charge is -2.11. The number of rotatable bonds is 6. The Labute approximate surface area is 123 Å². The van der Waals surface area contributed by atoms with Crippen LogP contribution in [0.25, 0.3) is 0 Å². The quantitative estimate of drug-likeness (QED) is 0.750. The lowest BCUT2D eigenvalue weighted by Crippen LogP contribution is -2.32. The van der Waals surface area contributed by atoms with E-state index in [0.717, 1.165) is 0 Å². The monoisotopic (exact) mass is 286 g/mol. The van der Waals surface area contributed by atoms with Crippen LogP contribution in [-0.2, 0) is 4.79 Å². The molecule has 0 saturated heterocycles. The highest BCUT2D eigenvalue weighted by Crippen LogP contribution is 2.05. The van der Waals surface area contributed by atoms with Crippen LogP contribution >= 0.6 is 0 Å². The normalized spacial score (nSPS) is 11.7. The third kappa shape index (κ3) is 4.45. The minimum absolute atomic E-state index is 0.132. The number of carbonyl (C=O) groups is 2. The number of amides is 2. The predicted molar refractivity (Wildman–Crippen MR) is 78.5 cm³/mol. The Morgan fingerprint density at radius 3 is 2.71 bits per heavy atom. The predicted octanol–water partition coefficient (Wildman–Crippen LogP) is 1.41. The van der Waals surface area contributed by atoms with E-state index in [4.69, 9.17) is 0 Å². The average Bonchev–Trinajstić information content (AvgIpc) is 3.02. The molecule has 0 spiro atoms. The molecule has 0 saturated carbocycles. The summed E-state index contributed by atoms with van der Waals surface area (Å²) in [7, 11) is 0. The number of hydrogen-bond acceptors (Lipinski definition) is 3. The summed E-state index contributed by atoms with van der Waals surface area (Å²) in [5.74, 6) is 0.395. The van der Waals surface area contributed by atoms with Crippen LogP contribution in [0.3, 0.4) is 0 Å². The fourth-order valence-electron chi connectivity index (χ4n) is 1.88. The van der Waals surface area contributed by atoms with Gasteiger partial charge in [-0.2, -0.15) is 0 Å². The van der Waals surface area contributed by atoms with E-state index < -0.39 is 0 Å². The number of aromatic amines is 1. The van der Waals surface area contributed by atoms with E-state index in [9.17, 15) is 9.59 Å². The zero-order chi connectivity index (χ0) is 15.1. The summed E-state index contributed by atoms with van der Waals surface area (Å²) in [5.41, 5.74) is 0.585. The Balaban J connectivity index is 1.71. The van der Waals surface area contributed by atoms with E-state index in [1.165, 1.54) is 0 Å². The number of carbonyl (C=O) groups excluding carboxylic acids is 2. The molecular weight excluding hydrogens is 268 g/mol. The summed E-state index contributed by atoms with van der Waals surface area (Å²) >= 11 is 0. The summed E-state index contributed by atoms with van der Waals surface area (Å²) in [6.45, 7) is 2.14. The lowest BCUT2D eigenvalue weighted by atomic mass is 10.2. The lowest BCUT2D eigenvalue weighted by molar-refractivity contribution is -0.121. The maximum Gasteiger partial charge on any atom is 0.251 e. The molecule has 0 bridgehead atoms. The first kappa shape index (κ1) is 14.8. The molecule has 6 nitrogen and oxygen atoms in total. The van der Waals surface area contributed by atoms with Crippen molar-refractivity contribution < 1.29 is 9.59 Å². The van der Waals surface area contributed by atoms with Gasteiger partial charge in [0.15, 0.2) is 0 Å². The first-order valence-corrected chi connectivity index (χ1v) is 6.78. The number of aromatic nitrogens is 2. The first-order valence-electron chi connectivity index (χ1n) is 6.78. The van der Waals surface area contributed by atoms with Crippen LogP contribution in [0.5, 0.6) is 0 Å². The van der Waals surface area contributed by atoms with E-state index in [2.05, 4.69) is 20.6 Å². The Kier molecular flexibility index (Phi) is 5.09. The summed E-state index contributed by atoms with van der Waals surface area (Å²) in [4.78, 5) is 30.6. The van der Waals surface area contributed by atoms with Gasteiger partial charge in [-0.25, -0.2) is 4.98 Å². The number of nitrogens with one attached hydrogen (secondary N) is 3. The zero-order valence-electron chi connectivity index (χ0n) is 11.8. The number of nitrogens with zero attached hydrogens (tertiary/aromatic N) is 1. The van der Waals surface area contributed by atoms with Gasteiger partial charge in [0.2, 0.25) is 5.91 Å². The van der Waals surface area contributed by atoms with Crippen molar-refractivity contribution in [1.82, 2.24) is 20.6 Å². The molecule has 21 heavy (non-hydrogen) atoms. The molecule has 0 aliphatic rings. The summed E-state index contributed by atoms with van der Waals surface area (Å²) in [5, 5.41) is 5.53. The van der Waals surface area contributed by atoms with Crippen molar-refractivity contribution in [3.63, 3.8) is 0 Å². The van der Waals surface area contributed by atoms with Crippen LogP contribution in [0.15, 0.2) is 42.7 Å². The molecule has 2 rings (SSSR count). The second-order valence-electron chi connectivity index (χ2n) is 4.64. The molecule has 6 heteroatoms. The largest absolute Gasteiger partial charge is 0.352 e. The van der Waals surface area contributed by atoms with E-state index in [1.54, 1.807) is 36.7 Å². The SMILES string of the molecule is CC(NC(=O)CCNC(=O)c1ccccc1)c1ncc[nH]1. The van der Waals surface area contributed by atoms with Crippen LogP contribution in [0.2, 0.25) is 0 Å². The van der Waals surface area contributed by atoms with Gasteiger partial charge >= 0.3 is 0 Å². The Hall–Kier alpha value is -2.63. The van der Waals surface area contributed by atoms with Gasteiger partial charge < -0.3 is 15.6 Å². The van der Waals surface area contributed by atoms with Crippen molar-refractivity contribution >= 4 is 11.8 Å². The van der Waals surface area contributed by atoms with Crippen molar-refractivity contribution in [2.45, 2.75) is 19.4 Å². The molecule has 3 N–H and O–H groups in total. The maximum absolute atomic E-state index is 11.8. The van der Waals surface area contributed by atoms with Gasteiger partial charge in [-0.3, -0.25) is 9.59 Å². The molecule has 1 aromatic heterocycles. The van der Waals surface area contributed by atoms with Gasteiger partial charge in [0, 0.05) is 30.9 Å². The second-order valence-corrected chi connectivity index (χ2v) is 4.64. The topological polar surface area (TPSA) is 86.9 Å². The fourth-order valence-corrected chi connectivity index (χ4v) is 1.88. The highest BCUT2D eigenvalue weighted by molar-refractivity contribution is 5.94. The fraction of sp³-hybridized carbons (Fsp3) is 0.267. The second kappa shape index (κ2) is 7.23. The van der Waals surface area contributed by atoms with Crippen molar-refractivity contribution in [2.75, 3.05) is 6.54 Å². The number of benzene rings is 1. The molecule has 0 aliphatic carbocycles. The summed E-state index contributed by atoms with van der Waals surface area (Å²) < 4.78 is 0. The molecular formula is C15H18N4O2. The molecule has 1 atom stereocenters. The molecule has 2 amide bonds. The number of H-pyrrole nitrogens is 1. The van der Waals surface area contributed by atoms with Crippen molar-refractivity contribution in [3.8, 4) is 0 Å². The molecule has 2 aromatic rings. The van der Waals surface area contributed by atoms with Crippen LogP contribution in [0, 0.1) is 0 Å². The minimum Gasteiger partial charge on any atom is -0.352 e.